The van der Waals surface area contributed by atoms with Crippen LogP contribution in [0.15, 0.2) is 59.1 Å². The maximum absolute atomic E-state index is 13.6. The second-order valence-electron chi connectivity index (χ2n) is 6.14. The van der Waals surface area contributed by atoms with E-state index < -0.39 is 35.2 Å². The Balaban J connectivity index is 1.77. The van der Waals surface area contributed by atoms with Crippen molar-refractivity contribution in [2.24, 2.45) is 0 Å². The molecule has 0 bridgehead atoms. The number of halogens is 5. The Hall–Kier alpha value is -3.34. The fraction of sp³-hybridized carbons (Fsp3) is 0.0526. The van der Waals surface area contributed by atoms with Gasteiger partial charge in [0.05, 0.1) is 5.69 Å². The molecule has 152 valence electrons. The van der Waals surface area contributed by atoms with E-state index in [0.717, 1.165) is 22.7 Å². The second-order valence-corrected chi connectivity index (χ2v) is 7.06. The zero-order valence-electron chi connectivity index (χ0n) is 14.8. The van der Waals surface area contributed by atoms with Gasteiger partial charge in [0.15, 0.2) is 5.69 Å². The molecule has 0 aliphatic heterocycles. The van der Waals surface area contributed by atoms with Crippen molar-refractivity contribution in [2.45, 2.75) is 6.18 Å². The molecule has 0 unspecified atom stereocenters. The van der Waals surface area contributed by atoms with Gasteiger partial charge in [-0.2, -0.15) is 22.7 Å². The number of hydrogen-bond acceptors (Lipinski definition) is 4. The fourth-order valence-electron chi connectivity index (χ4n) is 2.66. The van der Waals surface area contributed by atoms with Crippen molar-refractivity contribution in [3.8, 4) is 11.3 Å². The number of carbonyl (C=O) groups is 1. The normalized spacial score (nSPS) is 11.6. The molecule has 0 fully saturated rings. The minimum Gasteiger partial charge on any atom is -0.319 e. The minimum atomic E-state index is -4.79. The molecule has 4 aromatic rings. The van der Waals surface area contributed by atoms with Crippen LogP contribution in [-0.4, -0.2) is 25.5 Å². The zero-order chi connectivity index (χ0) is 21.5. The van der Waals surface area contributed by atoms with Gasteiger partial charge in [-0.25, -0.2) is 9.37 Å². The Kier molecular flexibility index (Phi) is 4.98. The van der Waals surface area contributed by atoms with Gasteiger partial charge >= 0.3 is 6.18 Å². The number of anilines is 1. The number of carbonyl (C=O) groups excluding carboxylic acids is 1. The number of aromatic nitrogens is 4. The molecule has 0 aliphatic carbocycles. The maximum atomic E-state index is 13.6. The van der Waals surface area contributed by atoms with Gasteiger partial charge in [0, 0.05) is 15.7 Å². The SMILES string of the molecule is O=C(Nc1ccc(Br)cc1)c1nc2nc(-c3ccc(F)cc3)cc(C(F)(F)F)n2n1. The molecule has 2 aromatic carbocycles. The van der Waals surface area contributed by atoms with E-state index in [1.54, 1.807) is 24.3 Å². The van der Waals surface area contributed by atoms with Crippen molar-refractivity contribution < 1.29 is 22.4 Å². The van der Waals surface area contributed by atoms with Crippen molar-refractivity contribution in [3.05, 3.63) is 76.4 Å². The van der Waals surface area contributed by atoms with Crippen LogP contribution in [0.25, 0.3) is 17.0 Å². The van der Waals surface area contributed by atoms with E-state index in [1.807, 2.05) is 0 Å². The summed E-state index contributed by atoms with van der Waals surface area (Å²) in [6, 6.07) is 12.2. The van der Waals surface area contributed by atoms with E-state index in [-0.39, 0.29) is 11.3 Å². The van der Waals surface area contributed by atoms with Gasteiger partial charge in [0.1, 0.15) is 5.82 Å². The molecule has 0 aliphatic rings. The van der Waals surface area contributed by atoms with Crippen LogP contribution < -0.4 is 5.32 Å². The first-order chi connectivity index (χ1) is 14.2. The fourth-order valence-corrected chi connectivity index (χ4v) is 2.92. The maximum Gasteiger partial charge on any atom is 0.433 e. The number of benzene rings is 2. The lowest BCUT2D eigenvalue weighted by molar-refractivity contribution is -0.142. The van der Waals surface area contributed by atoms with Crippen molar-refractivity contribution >= 4 is 33.3 Å². The highest BCUT2D eigenvalue weighted by Crippen LogP contribution is 2.32. The molecule has 11 heteroatoms. The van der Waals surface area contributed by atoms with Gasteiger partial charge in [-0.05, 0) is 54.6 Å². The molecule has 6 nitrogen and oxygen atoms in total. The van der Waals surface area contributed by atoms with Gasteiger partial charge in [-0.1, -0.05) is 15.9 Å². The molecule has 4 rings (SSSR count). The smallest absolute Gasteiger partial charge is 0.319 e. The van der Waals surface area contributed by atoms with Crippen molar-refractivity contribution in [1.82, 2.24) is 19.6 Å². The third-order valence-corrected chi connectivity index (χ3v) is 4.58. The summed E-state index contributed by atoms with van der Waals surface area (Å²) in [4.78, 5) is 20.3. The van der Waals surface area contributed by atoms with E-state index >= 15 is 0 Å². The number of fused-ring (bicyclic) bond motifs is 1. The predicted octanol–water partition coefficient (Wildman–Crippen LogP) is 4.96. The Morgan fingerprint density at radius 3 is 2.30 bits per heavy atom. The van der Waals surface area contributed by atoms with E-state index in [0.29, 0.717) is 10.2 Å². The molecular formula is C19H10BrF4N5O. The lowest BCUT2D eigenvalue weighted by Crippen LogP contribution is -2.16. The van der Waals surface area contributed by atoms with E-state index in [4.69, 9.17) is 0 Å². The summed E-state index contributed by atoms with van der Waals surface area (Å²) in [7, 11) is 0. The lowest BCUT2D eigenvalue weighted by atomic mass is 10.1. The highest BCUT2D eigenvalue weighted by atomic mass is 79.9. The number of nitrogens with one attached hydrogen (secondary N) is 1. The van der Waals surface area contributed by atoms with Gasteiger partial charge in [-0.3, -0.25) is 4.79 Å². The van der Waals surface area contributed by atoms with Crippen molar-refractivity contribution in [3.63, 3.8) is 0 Å². The average Bonchev–Trinajstić information content (AvgIpc) is 3.13. The highest BCUT2D eigenvalue weighted by Gasteiger charge is 2.36. The molecular weight excluding hydrogens is 470 g/mol. The predicted molar refractivity (Wildman–Crippen MR) is 103 cm³/mol. The molecule has 1 amide bonds. The standard InChI is InChI=1S/C19H10BrF4N5O/c20-11-3-7-13(8-4-11)25-17(30)16-27-18-26-14(10-1-5-12(21)6-2-10)9-15(19(22,23)24)29(18)28-16/h1-9H,(H,25,30). The highest BCUT2D eigenvalue weighted by molar-refractivity contribution is 9.10. The van der Waals surface area contributed by atoms with Crippen LogP contribution in [0.2, 0.25) is 0 Å². The number of rotatable bonds is 3. The number of hydrogen-bond donors (Lipinski definition) is 1. The van der Waals surface area contributed by atoms with E-state index in [1.165, 1.54) is 12.1 Å². The summed E-state index contributed by atoms with van der Waals surface area (Å²) in [6.07, 6.45) is -4.79. The largest absolute Gasteiger partial charge is 0.433 e. The van der Waals surface area contributed by atoms with Crippen LogP contribution in [0.3, 0.4) is 0 Å². The summed E-state index contributed by atoms with van der Waals surface area (Å²) < 4.78 is 55.2. The summed E-state index contributed by atoms with van der Waals surface area (Å²) in [5.74, 6) is -2.22. The monoisotopic (exact) mass is 479 g/mol. The molecule has 0 atom stereocenters. The molecule has 2 aromatic heterocycles. The topological polar surface area (TPSA) is 72.2 Å². The lowest BCUT2D eigenvalue weighted by Gasteiger charge is -2.10. The Morgan fingerprint density at radius 2 is 1.67 bits per heavy atom. The molecule has 0 saturated carbocycles. The first kappa shape index (κ1) is 20.0. The first-order valence-electron chi connectivity index (χ1n) is 8.38. The first-order valence-corrected chi connectivity index (χ1v) is 9.18. The Morgan fingerprint density at radius 1 is 1.00 bits per heavy atom. The van der Waals surface area contributed by atoms with E-state index in [9.17, 15) is 22.4 Å². The molecule has 0 spiro atoms. The number of nitrogens with zero attached hydrogens (tertiary/aromatic N) is 4. The average molecular weight is 480 g/mol. The number of alkyl halides is 3. The van der Waals surface area contributed by atoms with Gasteiger partial charge in [-0.15, -0.1) is 5.10 Å². The van der Waals surface area contributed by atoms with E-state index in [2.05, 4.69) is 36.3 Å². The van der Waals surface area contributed by atoms with Gasteiger partial charge < -0.3 is 5.32 Å². The van der Waals surface area contributed by atoms with Gasteiger partial charge in [0.25, 0.3) is 11.7 Å². The second kappa shape index (κ2) is 7.48. The summed E-state index contributed by atoms with van der Waals surface area (Å²) in [5, 5.41) is 6.19. The quantitative estimate of drug-likeness (QED) is 0.421. The molecule has 0 radical (unpaired) electrons. The number of amides is 1. The van der Waals surface area contributed by atoms with Crippen LogP contribution in [0.1, 0.15) is 16.3 Å². The Labute approximate surface area is 174 Å². The third-order valence-electron chi connectivity index (χ3n) is 4.05. The third kappa shape index (κ3) is 4.01. The molecule has 30 heavy (non-hydrogen) atoms. The van der Waals surface area contributed by atoms with Crippen LogP contribution >= 0.6 is 15.9 Å². The minimum absolute atomic E-state index is 0.0814. The summed E-state index contributed by atoms with van der Waals surface area (Å²) in [5.41, 5.74) is -0.574. The van der Waals surface area contributed by atoms with Gasteiger partial charge in [0.2, 0.25) is 5.82 Å². The zero-order valence-corrected chi connectivity index (χ0v) is 16.4. The Bertz CT molecular complexity index is 1240. The molecule has 0 saturated heterocycles. The summed E-state index contributed by atoms with van der Waals surface area (Å²) in [6.45, 7) is 0. The van der Waals surface area contributed by atoms with Crippen molar-refractivity contribution in [1.29, 1.82) is 0 Å². The van der Waals surface area contributed by atoms with Crippen molar-refractivity contribution in [2.75, 3.05) is 5.32 Å². The summed E-state index contributed by atoms with van der Waals surface area (Å²) >= 11 is 3.26. The van der Waals surface area contributed by atoms with Crippen LogP contribution in [0, 0.1) is 5.82 Å². The molecule has 2 heterocycles. The van der Waals surface area contributed by atoms with Crippen LogP contribution in [0.5, 0.6) is 0 Å². The van der Waals surface area contributed by atoms with Crippen LogP contribution in [0.4, 0.5) is 23.2 Å². The molecule has 1 N–H and O–H groups in total. The van der Waals surface area contributed by atoms with Crippen LogP contribution in [-0.2, 0) is 6.18 Å².